The molecule has 0 heterocycles. The van der Waals surface area contributed by atoms with E-state index in [1.807, 2.05) is 70.2 Å². The number of hydrogen-bond donors (Lipinski definition) is 1. The van der Waals surface area contributed by atoms with Gasteiger partial charge in [0.1, 0.15) is 11.8 Å². The summed E-state index contributed by atoms with van der Waals surface area (Å²) in [6.45, 7) is 10.8. The topological polar surface area (TPSA) is 58.6 Å². The van der Waals surface area contributed by atoms with Crippen LogP contribution in [0.4, 0.5) is 0 Å². The van der Waals surface area contributed by atoms with Gasteiger partial charge in [-0.1, -0.05) is 50.2 Å². The molecule has 2 amide bonds. The van der Waals surface area contributed by atoms with E-state index in [4.69, 9.17) is 4.74 Å². The van der Waals surface area contributed by atoms with Crippen molar-refractivity contribution in [2.45, 2.75) is 47.1 Å². The van der Waals surface area contributed by atoms with Crippen molar-refractivity contribution in [3.05, 3.63) is 65.2 Å². The molecule has 0 aliphatic heterocycles. The average molecular weight is 411 g/mol. The molecule has 0 saturated carbocycles. The molecule has 0 spiro atoms. The van der Waals surface area contributed by atoms with E-state index in [0.717, 1.165) is 16.7 Å². The quantitative estimate of drug-likeness (QED) is 0.646. The molecule has 5 nitrogen and oxygen atoms in total. The van der Waals surface area contributed by atoms with Gasteiger partial charge in [0.15, 0.2) is 6.61 Å². The van der Waals surface area contributed by atoms with Gasteiger partial charge in [-0.05, 0) is 61.9 Å². The number of rotatable bonds is 10. The van der Waals surface area contributed by atoms with Gasteiger partial charge in [-0.2, -0.15) is 0 Å². The maximum absolute atomic E-state index is 13.0. The molecule has 2 rings (SSSR count). The van der Waals surface area contributed by atoms with Crippen LogP contribution in [0.15, 0.2) is 48.5 Å². The molecule has 0 fully saturated rings. The third kappa shape index (κ3) is 7.54. The zero-order chi connectivity index (χ0) is 22.1. The van der Waals surface area contributed by atoms with E-state index in [1.165, 1.54) is 0 Å². The van der Waals surface area contributed by atoms with Gasteiger partial charge in [-0.3, -0.25) is 9.59 Å². The fraction of sp³-hybridized carbons (Fsp3) is 0.440. The van der Waals surface area contributed by atoms with Crippen molar-refractivity contribution in [2.75, 3.05) is 19.7 Å². The number of carbonyl (C=O) groups excluding carboxylic acids is 2. The Balaban J connectivity index is 2.07. The number of aryl methyl sites for hydroxylation is 2. The first-order chi connectivity index (χ1) is 14.3. The molecule has 5 heteroatoms. The van der Waals surface area contributed by atoms with Gasteiger partial charge in [0, 0.05) is 13.1 Å². The van der Waals surface area contributed by atoms with Gasteiger partial charge in [-0.25, -0.2) is 0 Å². The van der Waals surface area contributed by atoms with Crippen LogP contribution in [0.3, 0.4) is 0 Å². The van der Waals surface area contributed by atoms with Crippen LogP contribution in [0.1, 0.15) is 37.5 Å². The van der Waals surface area contributed by atoms with E-state index >= 15 is 0 Å². The van der Waals surface area contributed by atoms with Gasteiger partial charge >= 0.3 is 0 Å². The highest BCUT2D eigenvalue weighted by molar-refractivity contribution is 5.88. The van der Waals surface area contributed by atoms with Crippen molar-refractivity contribution in [1.29, 1.82) is 0 Å². The van der Waals surface area contributed by atoms with Crippen molar-refractivity contribution in [3.8, 4) is 5.75 Å². The highest BCUT2D eigenvalue weighted by atomic mass is 16.5. The van der Waals surface area contributed by atoms with Crippen molar-refractivity contribution < 1.29 is 14.3 Å². The number of carbonyl (C=O) groups is 2. The monoisotopic (exact) mass is 410 g/mol. The number of benzene rings is 2. The number of ether oxygens (including phenoxy) is 1. The Morgan fingerprint density at radius 1 is 1.00 bits per heavy atom. The molecule has 0 bridgehead atoms. The zero-order valence-corrected chi connectivity index (χ0v) is 18.8. The number of hydrogen-bond acceptors (Lipinski definition) is 3. The molecule has 2 aromatic rings. The molecule has 30 heavy (non-hydrogen) atoms. The van der Waals surface area contributed by atoms with E-state index in [9.17, 15) is 9.59 Å². The lowest BCUT2D eigenvalue weighted by Gasteiger charge is -2.29. The Bertz CT molecular complexity index is 813. The Hall–Kier alpha value is -2.82. The molecule has 0 aromatic heterocycles. The minimum atomic E-state index is -0.567. The van der Waals surface area contributed by atoms with Crippen molar-refractivity contribution in [1.82, 2.24) is 10.2 Å². The second kappa shape index (κ2) is 11.4. The van der Waals surface area contributed by atoms with Crippen LogP contribution in [0, 0.1) is 19.8 Å². The van der Waals surface area contributed by atoms with E-state index in [1.54, 1.807) is 11.8 Å². The Morgan fingerprint density at radius 2 is 1.63 bits per heavy atom. The summed E-state index contributed by atoms with van der Waals surface area (Å²) in [5, 5.41) is 2.93. The molecule has 1 atom stereocenters. The summed E-state index contributed by atoms with van der Waals surface area (Å²) in [5.74, 6) is 0.678. The second-order valence-corrected chi connectivity index (χ2v) is 8.25. The Morgan fingerprint density at radius 3 is 2.23 bits per heavy atom. The van der Waals surface area contributed by atoms with Crippen LogP contribution < -0.4 is 10.1 Å². The summed E-state index contributed by atoms with van der Waals surface area (Å²) in [6, 6.07) is 15.3. The van der Waals surface area contributed by atoms with Crippen LogP contribution in [0.5, 0.6) is 5.75 Å². The molecular weight excluding hydrogens is 376 g/mol. The maximum Gasteiger partial charge on any atom is 0.261 e. The predicted molar refractivity (Wildman–Crippen MR) is 121 cm³/mol. The first-order valence-electron chi connectivity index (χ1n) is 10.6. The Labute approximate surface area is 180 Å². The lowest BCUT2D eigenvalue weighted by atomic mass is 10.1. The first kappa shape index (κ1) is 23.5. The molecule has 0 radical (unpaired) electrons. The van der Waals surface area contributed by atoms with Gasteiger partial charge in [0.2, 0.25) is 5.91 Å². The highest BCUT2D eigenvalue weighted by Gasteiger charge is 2.26. The molecule has 0 aliphatic rings. The maximum atomic E-state index is 13.0. The molecule has 162 valence electrons. The fourth-order valence-electron chi connectivity index (χ4n) is 3.27. The van der Waals surface area contributed by atoms with E-state index < -0.39 is 6.04 Å². The molecular formula is C25H34N2O3. The largest absolute Gasteiger partial charge is 0.484 e. The van der Waals surface area contributed by atoms with Crippen molar-refractivity contribution >= 4 is 11.8 Å². The summed E-state index contributed by atoms with van der Waals surface area (Å²) < 4.78 is 5.77. The van der Waals surface area contributed by atoms with Crippen molar-refractivity contribution in [2.24, 2.45) is 5.92 Å². The third-order valence-corrected chi connectivity index (χ3v) is 4.89. The smallest absolute Gasteiger partial charge is 0.261 e. The summed E-state index contributed by atoms with van der Waals surface area (Å²) in [6.07, 6.45) is 0.679. The van der Waals surface area contributed by atoms with E-state index in [2.05, 4.69) is 11.4 Å². The Kier molecular flexibility index (Phi) is 8.90. The summed E-state index contributed by atoms with van der Waals surface area (Å²) in [5.41, 5.74) is 3.29. The minimum Gasteiger partial charge on any atom is -0.484 e. The molecule has 0 aliphatic carbocycles. The average Bonchev–Trinajstić information content (AvgIpc) is 2.70. The van der Waals surface area contributed by atoms with Gasteiger partial charge < -0.3 is 15.0 Å². The van der Waals surface area contributed by atoms with Crippen molar-refractivity contribution in [3.63, 3.8) is 0 Å². The summed E-state index contributed by atoms with van der Waals surface area (Å²) in [7, 11) is 0. The van der Waals surface area contributed by atoms with Crippen LogP contribution in [0.2, 0.25) is 0 Å². The normalized spacial score (nSPS) is 11.8. The lowest BCUT2D eigenvalue weighted by Crippen LogP contribution is -2.50. The fourth-order valence-corrected chi connectivity index (χ4v) is 3.27. The van der Waals surface area contributed by atoms with E-state index in [0.29, 0.717) is 31.2 Å². The predicted octanol–water partition coefficient (Wildman–Crippen LogP) is 3.91. The third-order valence-electron chi connectivity index (χ3n) is 4.89. The van der Waals surface area contributed by atoms with Crippen LogP contribution in [-0.4, -0.2) is 42.5 Å². The standard InChI is InChI=1S/C25H34N2O3/c1-18(2)16-26-25(29)21(5)27(12-11-22-9-7-6-8-10-22)24(28)17-30-23-14-19(3)13-20(4)15-23/h6-10,13-15,18,21H,11-12,16-17H2,1-5H3,(H,26,29)/t21-/m0/s1. The number of nitrogens with one attached hydrogen (secondary N) is 1. The minimum absolute atomic E-state index is 0.0977. The summed E-state index contributed by atoms with van der Waals surface area (Å²) in [4.78, 5) is 27.3. The number of amides is 2. The van der Waals surface area contributed by atoms with Gasteiger partial charge in [0.25, 0.3) is 5.91 Å². The molecule has 1 N–H and O–H groups in total. The molecule has 0 unspecified atom stereocenters. The SMILES string of the molecule is Cc1cc(C)cc(OCC(=O)N(CCc2ccccc2)[C@@H](C)C(=O)NCC(C)C)c1. The second-order valence-electron chi connectivity index (χ2n) is 8.25. The molecule has 0 saturated heterocycles. The zero-order valence-electron chi connectivity index (χ0n) is 18.8. The van der Waals surface area contributed by atoms with Crippen LogP contribution in [0.25, 0.3) is 0 Å². The van der Waals surface area contributed by atoms with Crippen LogP contribution in [-0.2, 0) is 16.0 Å². The summed E-state index contributed by atoms with van der Waals surface area (Å²) >= 11 is 0. The van der Waals surface area contributed by atoms with Gasteiger partial charge in [0.05, 0.1) is 0 Å². The highest BCUT2D eigenvalue weighted by Crippen LogP contribution is 2.16. The van der Waals surface area contributed by atoms with Gasteiger partial charge in [-0.15, -0.1) is 0 Å². The molecule has 2 aromatic carbocycles. The van der Waals surface area contributed by atoms with Crippen LogP contribution >= 0.6 is 0 Å². The first-order valence-corrected chi connectivity index (χ1v) is 10.6. The lowest BCUT2D eigenvalue weighted by molar-refractivity contribution is -0.141. The number of nitrogens with zero attached hydrogens (tertiary/aromatic N) is 1. The van der Waals surface area contributed by atoms with E-state index in [-0.39, 0.29) is 18.4 Å².